The average molecular weight is 365 g/mol. The highest BCUT2D eigenvalue weighted by Gasteiger charge is 2.31. The molecule has 2 aliphatic heterocycles. The van der Waals surface area contributed by atoms with Gasteiger partial charge in [0.15, 0.2) is 11.5 Å². The molecule has 2 saturated heterocycles. The third kappa shape index (κ3) is 4.23. The molecule has 5 nitrogen and oxygen atoms in total. The number of likely N-dealkylation sites (tertiary alicyclic amines) is 1. The quantitative estimate of drug-likeness (QED) is 0.804. The minimum atomic E-state index is 0.0578. The van der Waals surface area contributed by atoms with Gasteiger partial charge >= 0.3 is 0 Å². The summed E-state index contributed by atoms with van der Waals surface area (Å²) in [6.07, 6.45) is 3.59. The highest BCUT2D eigenvalue weighted by Crippen LogP contribution is 2.32. The molecule has 25 heavy (non-hydrogen) atoms. The van der Waals surface area contributed by atoms with Gasteiger partial charge in [-0.3, -0.25) is 4.79 Å². The molecule has 3 rings (SSSR count). The van der Waals surface area contributed by atoms with E-state index < -0.39 is 0 Å². The van der Waals surface area contributed by atoms with Crippen molar-refractivity contribution in [3.8, 4) is 11.5 Å². The first kappa shape index (κ1) is 18.4. The summed E-state index contributed by atoms with van der Waals surface area (Å²) in [6.45, 7) is 4.10. The van der Waals surface area contributed by atoms with Crippen LogP contribution in [0.3, 0.4) is 0 Å². The number of para-hydroxylation sites is 1. The summed E-state index contributed by atoms with van der Waals surface area (Å²) < 4.78 is 10.9. The molecule has 1 amide bonds. The summed E-state index contributed by atoms with van der Waals surface area (Å²) in [5.74, 6) is 3.33. The van der Waals surface area contributed by atoms with E-state index >= 15 is 0 Å². The summed E-state index contributed by atoms with van der Waals surface area (Å²) in [5.41, 5.74) is 0.597. The Labute approximate surface area is 154 Å². The van der Waals surface area contributed by atoms with Crippen LogP contribution >= 0.6 is 11.8 Å². The minimum absolute atomic E-state index is 0.0578. The second kappa shape index (κ2) is 8.81. The molecule has 0 bridgehead atoms. The molecule has 2 heterocycles. The van der Waals surface area contributed by atoms with Crippen LogP contribution in [-0.2, 0) is 0 Å². The average Bonchev–Trinajstić information content (AvgIpc) is 3.05. The van der Waals surface area contributed by atoms with Gasteiger partial charge in [0.25, 0.3) is 5.91 Å². The lowest BCUT2D eigenvalue weighted by atomic mass is 10.1. The summed E-state index contributed by atoms with van der Waals surface area (Å²) >= 11 is 1.96. The van der Waals surface area contributed by atoms with Crippen molar-refractivity contribution in [1.29, 1.82) is 0 Å². The number of ether oxygens (including phenoxy) is 2. The van der Waals surface area contributed by atoms with Gasteiger partial charge in [0.1, 0.15) is 0 Å². The summed E-state index contributed by atoms with van der Waals surface area (Å²) in [5, 5.41) is 0. The van der Waals surface area contributed by atoms with Crippen LogP contribution in [0.15, 0.2) is 18.2 Å². The number of methoxy groups -OCH3 is 2. The molecular formula is C19H28N2O3S. The standard InChI is InChI=1S/C19H28N2O3S/c1-23-17-8-5-7-16(18(17)24-2)19(22)21-11-6-12-25-14-15(21)13-20-9-3-4-10-20/h5,7-8,15H,3-4,6,9-14H2,1-2H3. The van der Waals surface area contributed by atoms with Crippen molar-refractivity contribution in [3.05, 3.63) is 23.8 Å². The Balaban J connectivity index is 1.84. The molecule has 1 unspecified atom stereocenters. The van der Waals surface area contributed by atoms with E-state index in [4.69, 9.17) is 9.47 Å². The number of hydrogen-bond acceptors (Lipinski definition) is 5. The Kier molecular flexibility index (Phi) is 6.48. The van der Waals surface area contributed by atoms with Gasteiger partial charge in [0.2, 0.25) is 0 Å². The molecule has 2 aliphatic rings. The number of rotatable bonds is 5. The van der Waals surface area contributed by atoms with E-state index in [9.17, 15) is 4.79 Å². The van der Waals surface area contributed by atoms with Gasteiger partial charge in [-0.05, 0) is 50.2 Å². The second-order valence-electron chi connectivity index (χ2n) is 6.63. The Hall–Kier alpha value is -1.40. The molecule has 0 N–H and O–H groups in total. The Morgan fingerprint density at radius 3 is 2.68 bits per heavy atom. The number of hydrogen-bond donors (Lipinski definition) is 0. The maximum Gasteiger partial charge on any atom is 0.258 e. The number of benzene rings is 1. The number of nitrogens with zero attached hydrogens (tertiary/aromatic N) is 2. The van der Waals surface area contributed by atoms with Gasteiger partial charge in [0.05, 0.1) is 25.8 Å². The van der Waals surface area contributed by atoms with Crippen molar-refractivity contribution in [2.24, 2.45) is 0 Å². The van der Waals surface area contributed by atoms with E-state index in [1.54, 1.807) is 14.2 Å². The van der Waals surface area contributed by atoms with Crippen LogP contribution in [0.2, 0.25) is 0 Å². The van der Waals surface area contributed by atoms with E-state index in [0.717, 1.165) is 44.1 Å². The largest absolute Gasteiger partial charge is 0.493 e. The molecule has 6 heteroatoms. The molecule has 0 aromatic heterocycles. The fourth-order valence-electron chi connectivity index (χ4n) is 3.72. The van der Waals surface area contributed by atoms with Gasteiger partial charge < -0.3 is 19.3 Å². The Morgan fingerprint density at radius 1 is 1.16 bits per heavy atom. The fraction of sp³-hybridized carbons (Fsp3) is 0.632. The predicted molar refractivity (Wildman–Crippen MR) is 102 cm³/mol. The number of carbonyl (C=O) groups is 1. The van der Waals surface area contributed by atoms with Crippen molar-refractivity contribution < 1.29 is 14.3 Å². The number of carbonyl (C=O) groups excluding carboxylic acids is 1. The molecular weight excluding hydrogens is 336 g/mol. The highest BCUT2D eigenvalue weighted by atomic mass is 32.2. The zero-order valence-corrected chi connectivity index (χ0v) is 16.0. The number of amides is 1. The fourth-order valence-corrected chi connectivity index (χ4v) is 4.78. The normalized spacial score (nSPS) is 21.8. The van der Waals surface area contributed by atoms with Gasteiger partial charge in [-0.25, -0.2) is 0 Å². The van der Waals surface area contributed by atoms with Crippen molar-refractivity contribution in [1.82, 2.24) is 9.80 Å². The van der Waals surface area contributed by atoms with E-state index in [1.165, 1.54) is 12.8 Å². The maximum atomic E-state index is 13.3. The van der Waals surface area contributed by atoms with Gasteiger partial charge in [-0.15, -0.1) is 0 Å². The van der Waals surface area contributed by atoms with E-state index in [-0.39, 0.29) is 11.9 Å². The zero-order chi connectivity index (χ0) is 17.6. The predicted octanol–water partition coefficient (Wildman–Crippen LogP) is 2.75. The van der Waals surface area contributed by atoms with Crippen LogP contribution in [0.5, 0.6) is 11.5 Å². The lowest BCUT2D eigenvalue weighted by Crippen LogP contribution is -2.47. The van der Waals surface area contributed by atoms with Crippen molar-refractivity contribution in [3.63, 3.8) is 0 Å². The molecule has 1 aromatic rings. The first-order chi connectivity index (χ1) is 12.2. The van der Waals surface area contributed by atoms with Crippen molar-refractivity contribution in [2.75, 3.05) is 51.9 Å². The van der Waals surface area contributed by atoms with E-state index in [1.807, 2.05) is 30.0 Å². The smallest absolute Gasteiger partial charge is 0.258 e. The van der Waals surface area contributed by atoms with Crippen molar-refractivity contribution in [2.45, 2.75) is 25.3 Å². The molecule has 0 saturated carbocycles. The maximum absolute atomic E-state index is 13.3. The second-order valence-corrected chi connectivity index (χ2v) is 7.78. The monoisotopic (exact) mass is 364 g/mol. The molecule has 0 radical (unpaired) electrons. The van der Waals surface area contributed by atoms with Crippen LogP contribution in [0.4, 0.5) is 0 Å². The van der Waals surface area contributed by atoms with Gasteiger partial charge in [-0.2, -0.15) is 11.8 Å². The summed E-state index contributed by atoms with van der Waals surface area (Å²) in [6, 6.07) is 5.79. The lowest BCUT2D eigenvalue weighted by Gasteiger charge is -2.33. The Morgan fingerprint density at radius 2 is 1.96 bits per heavy atom. The topological polar surface area (TPSA) is 42.0 Å². The van der Waals surface area contributed by atoms with E-state index in [0.29, 0.717) is 17.1 Å². The third-order valence-corrected chi connectivity index (χ3v) is 6.20. The first-order valence-corrected chi connectivity index (χ1v) is 10.2. The van der Waals surface area contributed by atoms with Crippen LogP contribution in [-0.4, -0.2) is 73.7 Å². The molecule has 0 spiro atoms. The first-order valence-electron chi connectivity index (χ1n) is 9.06. The zero-order valence-electron chi connectivity index (χ0n) is 15.2. The summed E-state index contributed by atoms with van der Waals surface area (Å²) in [4.78, 5) is 17.9. The van der Waals surface area contributed by atoms with Gasteiger partial charge in [0, 0.05) is 18.8 Å². The molecule has 138 valence electrons. The molecule has 1 atom stereocenters. The van der Waals surface area contributed by atoms with E-state index in [2.05, 4.69) is 9.80 Å². The SMILES string of the molecule is COc1cccc(C(=O)N2CCCSCC2CN2CCCC2)c1OC. The van der Waals surface area contributed by atoms with Crippen LogP contribution in [0, 0.1) is 0 Å². The summed E-state index contributed by atoms with van der Waals surface area (Å²) in [7, 11) is 3.19. The van der Waals surface area contributed by atoms with Crippen LogP contribution in [0.25, 0.3) is 0 Å². The van der Waals surface area contributed by atoms with Gasteiger partial charge in [-0.1, -0.05) is 6.07 Å². The minimum Gasteiger partial charge on any atom is -0.493 e. The van der Waals surface area contributed by atoms with Crippen molar-refractivity contribution >= 4 is 17.7 Å². The molecule has 0 aliphatic carbocycles. The third-order valence-electron chi connectivity index (χ3n) is 5.00. The van der Waals surface area contributed by atoms with Crippen LogP contribution in [0.1, 0.15) is 29.6 Å². The Bertz CT molecular complexity index is 590. The van der Waals surface area contributed by atoms with Crippen LogP contribution < -0.4 is 9.47 Å². The number of thioether (sulfide) groups is 1. The highest BCUT2D eigenvalue weighted by molar-refractivity contribution is 7.99. The molecule has 2 fully saturated rings. The lowest BCUT2D eigenvalue weighted by molar-refractivity contribution is 0.0662. The molecule has 1 aromatic carbocycles.